The highest BCUT2D eigenvalue weighted by Gasteiger charge is 2.13. The minimum Gasteiger partial charge on any atom is -0.322 e. The van der Waals surface area contributed by atoms with Gasteiger partial charge >= 0.3 is 0 Å². The highest BCUT2D eigenvalue weighted by atomic mass is 32.2. The lowest BCUT2D eigenvalue weighted by Crippen LogP contribution is -2.20. The maximum atomic E-state index is 13.0. The van der Waals surface area contributed by atoms with Crippen molar-refractivity contribution in [2.45, 2.75) is 25.2 Å². The molecule has 0 bridgehead atoms. The molecule has 2 aromatic carbocycles. The lowest BCUT2D eigenvalue weighted by atomic mass is 10.1. The predicted octanol–water partition coefficient (Wildman–Crippen LogP) is 4.40. The summed E-state index contributed by atoms with van der Waals surface area (Å²) in [6.45, 7) is 3.67. The van der Waals surface area contributed by atoms with Gasteiger partial charge in [-0.05, 0) is 61.4 Å². The number of amides is 1. The van der Waals surface area contributed by atoms with Crippen molar-refractivity contribution in [1.82, 2.24) is 4.83 Å². The summed E-state index contributed by atoms with van der Waals surface area (Å²) in [6.07, 6.45) is 0.872. The van der Waals surface area contributed by atoms with E-state index < -0.39 is 15.8 Å². The first-order chi connectivity index (χ1) is 14.3. The molecule has 3 rings (SSSR count). The summed E-state index contributed by atoms with van der Waals surface area (Å²) in [5.41, 5.74) is 2.20. The molecular formula is C21H20FN3O3S2. The molecule has 1 aromatic heterocycles. The van der Waals surface area contributed by atoms with Crippen LogP contribution in [0.1, 0.15) is 34.6 Å². The molecule has 0 saturated heterocycles. The summed E-state index contributed by atoms with van der Waals surface area (Å²) in [6, 6.07) is 13.2. The molecule has 0 spiro atoms. The zero-order chi connectivity index (χ0) is 21.7. The number of hydrogen-bond acceptors (Lipinski definition) is 5. The van der Waals surface area contributed by atoms with Crippen molar-refractivity contribution >= 4 is 38.7 Å². The second-order valence-corrected chi connectivity index (χ2v) is 9.09. The van der Waals surface area contributed by atoms with Gasteiger partial charge in [0.15, 0.2) is 0 Å². The molecule has 30 heavy (non-hydrogen) atoms. The summed E-state index contributed by atoms with van der Waals surface area (Å²) in [5, 5.41) is 8.58. The van der Waals surface area contributed by atoms with Crippen LogP contribution in [0.5, 0.6) is 0 Å². The number of nitrogens with zero attached hydrogens (tertiary/aromatic N) is 1. The minimum absolute atomic E-state index is 0.0938. The third kappa shape index (κ3) is 5.31. The molecule has 156 valence electrons. The number of hydrazone groups is 1. The van der Waals surface area contributed by atoms with Crippen LogP contribution in [0.25, 0.3) is 0 Å². The number of anilines is 1. The lowest BCUT2D eigenvalue weighted by Gasteiger charge is -2.08. The molecule has 0 atom stereocenters. The molecule has 0 aliphatic carbocycles. The average molecular weight is 446 g/mol. The molecule has 2 N–H and O–H groups in total. The van der Waals surface area contributed by atoms with E-state index in [4.69, 9.17) is 0 Å². The number of sulfonamides is 1. The molecule has 0 saturated carbocycles. The number of halogens is 1. The van der Waals surface area contributed by atoms with Crippen molar-refractivity contribution in [3.05, 3.63) is 81.8 Å². The standard InChI is InChI=1S/C21H20FN3O3S2/c1-3-19-12-16(13-29-19)21(26)23-18-6-4-5-15(11-18)14(2)24-25-30(27,28)20-9-7-17(22)8-10-20/h4-13,25H,3H2,1-2H3,(H,23,26)/b24-14-. The summed E-state index contributed by atoms with van der Waals surface area (Å²) in [5.74, 6) is -0.740. The van der Waals surface area contributed by atoms with Crippen molar-refractivity contribution in [2.24, 2.45) is 5.10 Å². The molecule has 0 unspecified atom stereocenters. The van der Waals surface area contributed by atoms with Gasteiger partial charge in [0, 0.05) is 15.9 Å². The van der Waals surface area contributed by atoms with Crippen LogP contribution in [-0.4, -0.2) is 20.0 Å². The van der Waals surface area contributed by atoms with Crippen molar-refractivity contribution in [3.8, 4) is 0 Å². The quantitative estimate of drug-likeness (QED) is 0.417. The molecule has 3 aromatic rings. The van der Waals surface area contributed by atoms with Crippen molar-refractivity contribution in [2.75, 3.05) is 5.32 Å². The fourth-order valence-electron chi connectivity index (χ4n) is 2.57. The second kappa shape index (κ2) is 9.19. The van der Waals surface area contributed by atoms with Crippen LogP contribution in [0.2, 0.25) is 0 Å². The Morgan fingerprint density at radius 2 is 1.83 bits per heavy atom. The SMILES string of the molecule is CCc1cc(C(=O)Nc2cccc(/C(C)=N\NS(=O)(=O)c3ccc(F)cc3)c2)cs1. The van der Waals surface area contributed by atoms with E-state index in [-0.39, 0.29) is 10.8 Å². The van der Waals surface area contributed by atoms with E-state index in [9.17, 15) is 17.6 Å². The maximum absolute atomic E-state index is 13.0. The molecule has 0 radical (unpaired) electrons. The van der Waals surface area contributed by atoms with Gasteiger partial charge in [0.25, 0.3) is 15.9 Å². The summed E-state index contributed by atoms with van der Waals surface area (Å²) < 4.78 is 37.6. The van der Waals surface area contributed by atoms with Crippen LogP contribution in [0.15, 0.2) is 70.0 Å². The van der Waals surface area contributed by atoms with Crippen LogP contribution in [0.3, 0.4) is 0 Å². The minimum atomic E-state index is -3.92. The first-order valence-corrected chi connectivity index (χ1v) is 11.5. The zero-order valence-corrected chi connectivity index (χ0v) is 18.0. The number of carbonyl (C=O) groups excluding carboxylic acids is 1. The zero-order valence-electron chi connectivity index (χ0n) is 16.3. The Balaban J connectivity index is 1.72. The lowest BCUT2D eigenvalue weighted by molar-refractivity contribution is 0.102. The maximum Gasteiger partial charge on any atom is 0.276 e. The topological polar surface area (TPSA) is 87.6 Å². The number of benzene rings is 2. The summed E-state index contributed by atoms with van der Waals surface area (Å²) >= 11 is 1.54. The molecule has 0 fully saturated rings. The van der Waals surface area contributed by atoms with Gasteiger partial charge in [0.2, 0.25) is 0 Å². The smallest absolute Gasteiger partial charge is 0.276 e. The molecule has 0 aliphatic rings. The number of thiophene rings is 1. The number of hydrogen-bond donors (Lipinski definition) is 2. The molecule has 9 heteroatoms. The van der Waals surface area contributed by atoms with E-state index in [2.05, 4.69) is 15.2 Å². The Hall–Kier alpha value is -3.04. The van der Waals surface area contributed by atoms with E-state index >= 15 is 0 Å². The van der Waals surface area contributed by atoms with Crippen LogP contribution >= 0.6 is 11.3 Å². The summed E-state index contributed by atoms with van der Waals surface area (Å²) in [4.78, 5) is 15.6. The second-order valence-electron chi connectivity index (χ2n) is 6.44. The fourth-order valence-corrected chi connectivity index (χ4v) is 4.24. The number of aryl methyl sites for hydroxylation is 1. The monoisotopic (exact) mass is 445 g/mol. The van der Waals surface area contributed by atoms with Gasteiger partial charge in [-0.2, -0.15) is 18.4 Å². The van der Waals surface area contributed by atoms with Gasteiger partial charge < -0.3 is 5.32 Å². The van der Waals surface area contributed by atoms with Crippen molar-refractivity contribution in [1.29, 1.82) is 0 Å². The van der Waals surface area contributed by atoms with E-state index in [1.165, 1.54) is 11.3 Å². The van der Waals surface area contributed by atoms with Gasteiger partial charge in [-0.3, -0.25) is 4.79 Å². The van der Waals surface area contributed by atoms with Crippen LogP contribution < -0.4 is 10.1 Å². The first kappa shape index (κ1) is 21.7. The highest BCUT2D eigenvalue weighted by Crippen LogP contribution is 2.18. The Labute approximate surface area is 178 Å². The van der Waals surface area contributed by atoms with Crippen molar-refractivity contribution < 1.29 is 17.6 Å². The van der Waals surface area contributed by atoms with Gasteiger partial charge in [0.05, 0.1) is 16.2 Å². The molecular weight excluding hydrogens is 425 g/mol. The number of rotatable bonds is 7. The largest absolute Gasteiger partial charge is 0.322 e. The molecule has 0 aliphatic heterocycles. The molecule has 1 heterocycles. The van der Waals surface area contributed by atoms with Crippen molar-refractivity contribution in [3.63, 3.8) is 0 Å². The third-order valence-corrected chi connectivity index (χ3v) is 6.57. The van der Waals surface area contributed by atoms with Gasteiger partial charge in [-0.15, -0.1) is 11.3 Å². The Kier molecular flexibility index (Phi) is 6.63. The van der Waals surface area contributed by atoms with Gasteiger partial charge in [-0.1, -0.05) is 19.1 Å². The third-order valence-electron chi connectivity index (χ3n) is 4.26. The van der Waals surface area contributed by atoms with E-state index in [1.54, 1.807) is 31.2 Å². The Morgan fingerprint density at radius 1 is 1.10 bits per heavy atom. The molecule has 6 nitrogen and oxygen atoms in total. The highest BCUT2D eigenvalue weighted by molar-refractivity contribution is 7.89. The fraction of sp³-hybridized carbons (Fsp3) is 0.143. The van der Waals surface area contributed by atoms with E-state index in [1.807, 2.05) is 18.4 Å². The predicted molar refractivity (Wildman–Crippen MR) is 117 cm³/mol. The molecule has 1 amide bonds. The van der Waals surface area contributed by atoms with Crippen LogP contribution in [0.4, 0.5) is 10.1 Å². The summed E-state index contributed by atoms with van der Waals surface area (Å²) in [7, 11) is -3.92. The average Bonchev–Trinajstić information content (AvgIpc) is 3.22. The first-order valence-electron chi connectivity index (χ1n) is 9.09. The van der Waals surface area contributed by atoms with E-state index in [0.717, 1.165) is 35.6 Å². The van der Waals surface area contributed by atoms with Gasteiger partial charge in [0.1, 0.15) is 5.82 Å². The van der Waals surface area contributed by atoms with E-state index in [0.29, 0.717) is 22.5 Å². The number of carbonyl (C=O) groups is 1. The Bertz CT molecular complexity index is 1190. The van der Waals surface area contributed by atoms with Gasteiger partial charge in [-0.25, -0.2) is 4.39 Å². The normalized spacial score (nSPS) is 11.9. The van der Waals surface area contributed by atoms with Crippen LogP contribution in [-0.2, 0) is 16.4 Å². The Morgan fingerprint density at radius 3 is 2.50 bits per heavy atom. The number of nitrogens with one attached hydrogen (secondary N) is 2. The van der Waals surface area contributed by atoms with Crippen LogP contribution in [0, 0.1) is 5.82 Å².